The Labute approximate surface area is 108 Å². The third-order valence-corrected chi connectivity index (χ3v) is 4.14. The van der Waals surface area contributed by atoms with Crippen molar-refractivity contribution in [2.45, 2.75) is 0 Å². The number of hydrogen-bond donors (Lipinski definition) is 1. The van der Waals surface area contributed by atoms with Gasteiger partial charge in [0.1, 0.15) is 5.75 Å². The molecule has 1 nitrogen and oxygen atoms in total. The fourth-order valence-corrected chi connectivity index (χ4v) is 2.97. The molecule has 17 heavy (non-hydrogen) atoms. The molecule has 0 spiro atoms. The topological polar surface area (TPSA) is 20.2 Å². The lowest BCUT2D eigenvalue weighted by atomic mass is 10.1. The average Bonchev–Trinajstić information content (AvgIpc) is 2.76. The molecule has 0 radical (unpaired) electrons. The summed E-state index contributed by atoms with van der Waals surface area (Å²) in [7, 11) is 0. The van der Waals surface area contributed by atoms with Gasteiger partial charge in [-0.05, 0) is 35.2 Å². The molecule has 1 N–H and O–H groups in total. The zero-order valence-electron chi connectivity index (χ0n) is 8.85. The van der Waals surface area contributed by atoms with E-state index in [1.165, 1.54) is 10.1 Å². The van der Waals surface area contributed by atoms with Crippen molar-refractivity contribution < 1.29 is 5.11 Å². The van der Waals surface area contributed by atoms with Crippen LogP contribution in [0.4, 0.5) is 0 Å². The van der Waals surface area contributed by atoms with E-state index in [0.717, 1.165) is 10.4 Å². The molecule has 0 bridgehead atoms. The Balaban J connectivity index is 2.17. The van der Waals surface area contributed by atoms with Gasteiger partial charge in [-0.1, -0.05) is 35.9 Å². The van der Waals surface area contributed by atoms with Crippen LogP contribution in [0.2, 0.25) is 5.02 Å². The minimum absolute atomic E-state index is 0.127. The van der Waals surface area contributed by atoms with Crippen LogP contribution in [-0.2, 0) is 0 Å². The van der Waals surface area contributed by atoms with Gasteiger partial charge >= 0.3 is 0 Å². The van der Waals surface area contributed by atoms with E-state index in [0.29, 0.717) is 5.02 Å². The van der Waals surface area contributed by atoms with Crippen LogP contribution in [0.15, 0.2) is 48.5 Å². The molecular formula is C14H9ClOS. The van der Waals surface area contributed by atoms with Crippen molar-refractivity contribution in [2.75, 3.05) is 0 Å². The smallest absolute Gasteiger partial charge is 0.134 e. The molecule has 3 heteroatoms. The molecule has 1 heterocycles. The lowest BCUT2D eigenvalue weighted by Crippen LogP contribution is -1.73. The largest absolute Gasteiger partial charge is 0.506 e. The number of phenolic OH excluding ortho intramolecular Hbond substituents is 1. The SMILES string of the molecule is Oc1cc(-c2cc3ccccc3s2)ccc1Cl. The number of hydrogen-bond acceptors (Lipinski definition) is 2. The van der Waals surface area contributed by atoms with Gasteiger partial charge in [-0.25, -0.2) is 0 Å². The Morgan fingerprint density at radius 3 is 2.59 bits per heavy atom. The first kappa shape index (κ1) is 10.6. The molecule has 3 rings (SSSR count). The maximum Gasteiger partial charge on any atom is 0.134 e. The second kappa shape index (κ2) is 4.06. The zero-order valence-corrected chi connectivity index (χ0v) is 10.4. The van der Waals surface area contributed by atoms with Gasteiger partial charge in [0.25, 0.3) is 0 Å². The highest BCUT2D eigenvalue weighted by Crippen LogP contribution is 2.36. The molecule has 0 aliphatic carbocycles. The van der Waals surface area contributed by atoms with Gasteiger partial charge in [0.05, 0.1) is 5.02 Å². The Bertz CT molecular complexity index is 655. The molecule has 0 saturated heterocycles. The highest BCUT2D eigenvalue weighted by Gasteiger charge is 2.06. The van der Waals surface area contributed by atoms with Crippen LogP contribution in [0, 0.1) is 0 Å². The summed E-state index contributed by atoms with van der Waals surface area (Å²) in [6.45, 7) is 0. The van der Waals surface area contributed by atoms with E-state index in [2.05, 4.69) is 18.2 Å². The normalized spacial score (nSPS) is 10.9. The number of rotatable bonds is 1. The predicted octanol–water partition coefficient (Wildman–Crippen LogP) is 4.93. The third kappa shape index (κ3) is 1.90. The molecule has 0 amide bonds. The van der Waals surface area contributed by atoms with Crippen molar-refractivity contribution in [3.8, 4) is 16.2 Å². The molecule has 84 valence electrons. The summed E-state index contributed by atoms with van der Waals surface area (Å²) in [4.78, 5) is 1.14. The number of aromatic hydroxyl groups is 1. The summed E-state index contributed by atoms with van der Waals surface area (Å²) in [5.74, 6) is 0.127. The quantitative estimate of drug-likeness (QED) is 0.658. The highest BCUT2D eigenvalue weighted by atomic mass is 35.5. The van der Waals surface area contributed by atoms with E-state index >= 15 is 0 Å². The van der Waals surface area contributed by atoms with Gasteiger partial charge in [0.2, 0.25) is 0 Å². The van der Waals surface area contributed by atoms with Crippen LogP contribution >= 0.6 is 22.9 Å². The minimum Gasteiger partial charge on any atom is -0.506 e. The standard InChI is InChI=1S/C14H9ClOS/c15-11-6-5-10(7-12(11)16)14-8-9-3-1-2-4-13(9)17-14/h1-8,16H. The maximum atomic E-state index is 9.61. The van der Waals surface area contributed by atoms with Crippen molar-refractivity contribution >= 4 is 33.0 Å². The van der Waals surface area contributed by atoms with Crippen molar-refractivity contribution in [1.29, 1.82) is 0 Å². The van der Waals surface area contributed by atoms with E-state index < -0.39 is 0 Å². The second-order valence-electron chi connectivity index (χ2n) is 3.81. The molecule has 0 fully saturated rings. The Morgan fingerprint density at radius 1 is 1.00 bits per heavy atom. The number of fused-ring (bicyclic) bond motifs is 1. The van der Waals surface area contributed by atoms with Crippen LogP contribution in [0.3, 0.4) is 0 Å². The Hall–Kier alpha value is -1.51. The Morgan fingerprint density at radius 2 is 1.82 bits per heavy atom. The van der Waals surface area contributed by atoms with E-state index in [1.807, 2.05) is 18.2 Å². The van der Waals surface area contributed by atoms with Gasteiger partial charge in [0, 0.05) is 9.58 Å². The van der Waals surface area contributed by atoms with Gasteiger partial charge in [-0.15, -0.1) is 11.3 Å². The molecule has 1 aromatic heterocycles. The van der Waals surface area contributed by atoms with Crippen molar-refractivity contribution in [3.63, 3.8) is 0 Å². The van der Waals surface area contributed by atoms with Crippen molar-refractivity contribution in [3.05, 3.63) is 53.6 Å². The summed E-state index contributed by atoms with van der Waals surface area (Å²) in [5, 5.41) is 11.2. The summed E-state index contributed by atoms with van der Waals surface area (Å²) >= 11 is 7.51. The van der Waals surface area contributed by atoms with Crippen LogP contribution in [0.25, 0.3) is 20.5 Å². The highest BCUT2D eigenvalue weighted by molar-refractivity contribution is 7.22. The summed E-state index contributed by atoms with van der Waals surface area (Å²) in [6.07, 6.45) is 0. The van der Waals surface area contributed by atoms with Crippen molar-refractivity contribution in [2.24, 2.45) is 0 Å². The van der Waals surface area contributed by atoms with E-state index in [9.17, 15) is 5.11 Å². The fourth-order valence-electron chi connectivity index (χ4n) is 1.79. The first-order valence-corrected chi connectivity index (χ1v) is 6.41. The third-order valence-electron chi connectivity index (χ3n) is 2.66. The minimum atomic E-state index is 0.127. The van der Waals surface area contributed by atoms with Gasteiger partial charge in [-0.2, -0.15) is 0 Å². The second-order valence-corrected chi connectivity index (χ2v) is 5.31. The summed E-state index contributed by atoms with van der Waals surface area (Å²) < 4.78 is 1.25. The van der Waals surface area contributed by atoms with Crippen LogP contribution in [0.1, 0.15) is 0 Å². The zero-order chi connectivity index (χ0) is 11.8. The van der Waals surface area contributed by atoms with Gasteiger partial charge in [0.15, 0.2) is 0 Å². The molecule has 0 saturated carbocycles. The maximum absolute atomic E-state index is 9.61. The number of benzene rings is 2. The van der Waals surface area contributed by atoms with Gasteiger partial charge in [-0.3, -0.25) is 0 Å². The van der Waals surface area contributed by atoms with E-state index in [-0.39, 0.29) is 5.75 Å². The van der Waals surface area contributed by atoms with Crippen LogP contribution < -0.4 is 0 Å². The van der Waals surface area contributed by atoms with Crippen LogP contribution in [-0.4, -0.2) is 5.11 Å². The first-order chi connectivity index (χ1) is 8.24. The predicted molar refractivity (Wildman–Crippen MR) is 73.9 cm³/mol. The number of thiophene rings is 1. The summed E-state index contributed by atoms with van der Waals surface area (Å²) in [5.41, 5.74) is 0.994. The van der Waals surface area contributed by atoms with E-state index in [1.54, 1.807) is 23.5 Å². The fraction of sp³-hybridized carbons (Fsp3) is 0. The van der Waals surface area contributed by atoms with Gasteiger partial charge < -0.3 is 5.11 Å². The monoisotopic (exact) mass is 260 g/mol. The lowest BCUT2D eigenvalue weighted by molar-refractivity contribution is 0.476. The van der Waals surface area contributed by atoms with E-state index in [4.69, 9.17) is 11.6 Å². The first-order valence-electron chi connectivity index (χ1n) is 5.21. The lowest BCUT2D eigenvalue weighted by Gasteiger charge is -1.99. The number of phenols is 1. The Kier molecular flexibility index (Phi) is 2.54. The molecule has 0 aliphatic rings. The van der Waals surface area contributed by atoms with Crippen molar-refractivity contribution in [1.82, 2.24) is 0 Å². The molecule has 2 aromatic carbocycles. The molecule has 0 aliphatic heterocycles. The number of halogens is 1. The average molecular weight is 261 g/mol. The molecular weight excluding hydrogens is 252 g/mol. The molecule has 0 atom stereocenters. The van der Waals surface area contributed by atoms with Crippen LogP contribution in [0.5, 0.6) is 5.75 Å². The summed E-state index contributed by atoms with van der Waals surface area (Å²) in [6, 6.07) is 15.7. The molecule has 3 aromatic rings. The molecule has 0 unspecified atom stereocenters.